The molecule has 0 aliphatic rings. The van der Waals surface area contributed by atoms with Gasteiger partial charge in [0.05, 0.1) is 10.9 Å². The van der Waals surface area contributed by atoms with Gasteiger partial charge < -0.3 is 0 Å². The molecule has 0 fully saturated rings. The monoisotopic (exact) mass is 339 g/mol. The van der Waals surface area contributed by atoms with Crippen LogP contribution in [0.5, 0.6) is 0 Å². The summed E-state index contributed by atoms with van der Waals surface area (Å²) in [6.45, 7) is 2.02. The van der Waals surface area contributed by atoms with Crippen LogP contribution in [0.4, 0.5) is 0 Å². The number of para-hydroxylation sites is 1. The predicted octanol–water partition coefficient (Wildman–Crippen LogP) is 2.28. The molecule has 4 aromatic rings. The van der Waals surface area contributed by atoms with Crippen molar-refractivity contribution in [2.45, 2.75) is 13.3 Å². The van der Waals surface area contributed by atoms with Crippen molar-refractivity contribution >= 4 is 38.4 Å². The minimum Gasteiger partial charge on any atom is -0.277 e. The number of carbonyl (C=O) groups is 1. The van der Waals surface area contributed by atoms with Crippen molar-refractivity contribution in [3.05, 3.63) is 57.6 Å². The number of fused-ring (bicyclic) bond motifs is 2. The zero-order valence-electron chi connectivity index (χ0n) is 12.7. The summed E-state index contributed by atoms with van der Waals surface area (Å²) >= 11 is 1.48. The van der Waals surface area contributed by atoms with Crippen LogP contribution in [-0.2, 0) is 6.42 Å². The highest BCUT2D eigenvalue weighted by atomic mass is 32.1. The summed E-state index contributed by atoms with van der Waals surface area (Å²) in [6, 6.07) is 9.13. The highest BCUT2D eigenvalue weighted by Crippen LogP contribution is 2.21. The van der Waals surface area contributed by atoms with Crippen molar-refractivity contribution < 1.29 is 4.79 Å². The third-order valence-electron chi connectivity index (χ3n) is 3.76. The third kappa shape index (κ3) is 2.28. The van der Waals surface area contributed by atoms with E-state index in [1.165, 1.54) is 17.7 Å². The average Bonchev–Trinajstić information content (AvgIpc) is 3.21. The van der Waals surface area contributed by atoms with Crippen molar-refractivity contribution in [3.8, 4) is 0 Å². The number of nitrogens with zero attached hydrogens (tertiary/aromatic N) is 3. The standard InChI is InChI=1S/C16H13N5O2S/c1-2-9-7-11-15(24-9)17-8-21(16(11)23)20-14(22)13-10-5-3-4-6-12(10)18-19-13/h3-8H,2H2,1H3,(H,18,19)(H,20,22). The molecule has 0 saturated carbocycles. The summed E-state index contributed by atoms with van der Waals surface area (Å²) < 4.78 is 1.10. The minimum absolute atomic E-state index is 0.233. The molecule has 8 heteroatoms. The van der Waals surface area contributed by atoms with E-state index in [1.54, 1.807) is 6.07 Å². The van der Waals surface area contributed by atoms with Crippen LogP contribution in [-0.4, -0.2) is 25.8 Å². The fraction of sp³-hybridized carbons (Fsp3) is 0.125. The van der Waals surface area contributed by atoms with Crippen LogP contribution >= 0.6 is 11.3 Å². The SMILES string of the molecule is CCc1cc2c(=O)n(NC(=O)c3n[nH]c4ccccc34)cnc2s1. The van der Waals surface area contributed by atoms with Crippen LogP contribution in [0.15, 0.2) is 41.5 Å². The molecule has 0 aliphatic carbocycles. The van der Waals surface area contributed by atoms with E-state index in [1.807, 2.05) is 31.2 Å². The third-order valence-corrected chi connectivity index (χ3v) is 4.95. The lowest BCUT2D eigenvalue weighted by atomic mass is 10.2. The topological polar surface area (TPSA) is 92.7 Å². The molecule has 0 saturated heterocycles. The average molecular weight is 339 g/mol. The lowest BCUT2D eigenvalue weighted by Crippen LogP contribution is -2.33. The molecule has 0 atom stereocenters. The number of aryl methyl sites for hydroxylation is 1. The van der Waals surface area contributed by atoms with Gasteiger partial charge in [-0.05, 0) is 18.6 Å². The van der Waals surface area contributed by atoms with Crippen LogP contribution in [0.25, 0.3) is 21.1 Å². The van der Waals surface area contributed by atoms with Crippen LogP contribution in [0.3, 0.4) is 0 Å². The number of nitrogens with one attached hydrogen (secondary N) is 2. The Morgan fingerprint density at radius 2 is 2.17 bits per heavy atom. The first-order chi connectivity index (χ1) is 11.7. The number of amides is 1. The summed E-state index contributed by atoms with van der Waals surface area (Å²) in [5.74, 6) is -0.471. The molecule has 24 heavy (non-hydrogen) atoms. The van der Waals surface area contributed by atoms with E-state index >= 15 is 0 Å². The first kappa shape index (κ1) is 14.6. The van der Waals surface area contributed by atoms with E-state index in [2.05, 4.69) is 20.6 Å². The van der Waals surface area contributed by atoms with E-state index in [-0.39, 0.29) is 11.3 Å². The maximum atomic E-state index is 12.5. The number of rotatable bonds is 3. The number of hydrogen-bond donors (Lipinski definition) is 2. The van der Waals surface area contributed by atoms with Crippen LogP contribution < -0.4 is 11.0 Å². The number of benzene rings is 1. The molecule has 3 heterocycles. The lowest BCUT2D eigenvalue weighted by molar-refractivity contribution is 0.100. The minimum atomic E-state index is -0.471. The molecular weight excluding hydrogens is 326 g/mol. The number of aromatic nitrogens is 4. The molecule has 1 amide bonds. The first-order valence-electron chi connectivity index (χ1n) is 7.42. The summed E-state index contributed by atoms with van der Waals surface area (Å²) in [7, 11) is 0. The Labute approximate surface area is 139 Å². The van der Waals surface area contributed by atoms with Gasteiger partial charge in [-0.3, -0.25) is 20.1 Å². The van der Waals surface area contributed by atoms with Gasteiger partial charge in [-0.2, -0.15) is 5.10 Å². The van der Waals surface area contributed by atoms with Gasteiger partial charge in [0.2, 0.25) is 0 Å². The second-order valence-corrected chi connectivity index (χ2v) is 6.38. The van der Waals surface area contributed by atoms with Crippen LogP contribution in [0.2, 0.25) is 0 Å². The van der Waals surface area contributed by atoms with Gasteiger partial charge in [-0.15, -0.1) is 11.3 Å². The Bertz CT molecular complexity index is 1120. The molecule has 0 radical (unpaired) electrons. The van der Waals surface area contributed by atoms with Crippen LogP contribution in [0, 0.1) is 0 Å². The van der Waals surface area contributed by atoms with Crippen molar-refractivity contribution in [2.24, 2.45) is 0 Å². The molecule has 1 aromatic carbocycles. The molecule has 0 aliphatic heterocycles. The van der Waals surface area contributed by atoms with E-state index < -0.39 is 5.91 Å². The number of carbonyl (C=O) groups excluding carboxylic acids is 1. The highest BCUT2D eigenvalue weighted by molar-refractivity contribution is 7.18. The van der Waals surface area contributed by atoms with Gasteiger partial charge in [-0.1, -0.05) is 25.1 Å². The molecule has 7 nitrogen and oxygen atoms in total. The van der Waals surface area contributed by atoms with Gasteiger partial charge in [0.15, 0.2) is 5.69 Å². The zero-order chi connectivity index (χ0) is 16.7. The van der Waals surface area contributed by atoms with Crippen molar-refractivity contribution in [3.63, 3.8) is 0 Å². The highest BCUT2D eigenvalue weighted by Gasteiger charge is 2.16. The molecule has 4 rings (SSSR count). The molecule has 3 aromatic heterocycles. The molecule has 120 valence electrons. The quantitative estimate of drug-likeness (QED) is 0.599. The van der Waals surface area contributed by atoms with E-state index in [0.717, 1.165) is 21.5 Å². The summed E-state index contributed by atoms with van der Waals surface area (Å²) in [6.07, 6.45) is 2.17. The van der Waals surface area contributed by atoms with Gasteiger partial charge in [0.1, 0.15) is 11.2 Å². The Hall–Kier alpha value is -3.00. The lowest BCUT2D eigenvalue weighted by Gasteiger charge is -2.05. The predicted molar refractivity (Wildman–Crippen MR) is 93.0 cm³/mol. The van der Waals surface area contributed by atoms with E-state index in [9.17, 15) is 9.59 Å². The molecule has 0 bridgehead atoms. The largest absolute Gasteiger partial charge is 0.291 e. The van der Waals surface area contributed by atoms with Crippen molar-refractivity contribution in [1.29, 1.82) is 0 Å². The Kier molecular flexibility index (Phi) is 3.39. The van der Waals surface area contributed by atoms with Crippen molar-refractivity contribution in [1.82, 2.24) is 19.9 Å². The number of aromatic amines is 1. The van der Waals surface area contributed by atoms with Crippen LogP contribution in [0.1, 0.15) is 22.3 Å². The second kappa shape index (κ2) is 5.57. The van der Waals surface area contributed by atoms with E-state index in [0.29, 0.717) is 15.6 Å². The number of thiophene rings is 1. The number of H-pyrrole nitrogens is 1. The Morgan fingerprint density at radius 1 is 1.33 bits per heavy atom. The molecular formula is C16H13N5O2S. The Morgan fingerprint density at radius 3 is 3.00 bits per heavy atom. The van der Waals surface area contributed by atoms with Gasteiger partial charge in [-0.25, -0.2) is 9.66 Å². The molecule has 0 spiro atoms. The maximum absolute atomic E-state index is 12.5. The second-order valence-electron chi connectivity index (χ2n) is 5.26. The van der Waals surface area contributed by atoms with Gasteiger partial charge in [0, 0.05) is 10.3 Å². The fourth-order valence-corrected chi connectivity index (χ4v) is 3.45. The fourth-order valence-electron chi connectivity index (χ4n) is 2.53. The summed E-state index contributed by atoms with van der Waals surface area (Å²) in [5, 5.41) is 8.03. The normalized spacial score (nSPS) is 11.2. The van der Waals surface area contributed by atoms with Gasteiger partial charge >= 0.3 is 0 Å². The molecule has 2 N–H and O–H groups in total. The summed E-state index contributed by atoms with van der Waals surface area (Å²) in [4.78, 5) is 31.0. The molecule has 0 unspecified atom stereocenters. The zero-order valence-corrected chi connectivity index (χ0v) is 13.6. The maximum Gasteiger partial charge on any atom is 0.291 e. The van der Waals surface area contributed by atoms with Crippen molar-refractivity contribution in [2.75, 3.05) is 5.43 Å². The van der Waals surface area contributed by atoms with E-state index in [4.69, 9.17) is 0 Å². The van der Waals surface area contributed by atoms with Gasteiger partial charge in [0.25, 0.3) is 11.5 Å². The smallest absolute Gasteiger partial charge is 0.277 e. The summed E-state index contributed by atoms with van der Waals surface area (Å²) in [5.41, 5.74) is 3.24. The number of hydrogen-bond acceptors (Lipinski definition) is 5. The Balaban J connectivity index is 1.72. The first-order valence-corrected chi connectivity index (χ1v) is 8.23.